The molecule has 186 valence electrons. The van der Waals surface area contributed by atoms with Gasteiger partial charge in [0, 0.05) is 54.0 Å². The summed E-state index contributed by atoms with van der Waals surface area (Å²) in [6.07, 6.45) is 2.38. The molecule has 0 bridgehead atoms. The van der Waals surface area contributed by atoms with E-state index in [0.29, 0.717) is 37.7 Å². The molecule has 0 saturated carbocycles. The van der Waals surface area contributed by atoms with E-state index >= 15 is 0 Å². The average Bonchev–Trinajstić information content (AvgIpc) is 2.88. The van der Waals surface area contributed by atoms with Crippen LogP contribution in [0.2, 0.25) is 5.02 Å². The van der Waals surface area contributed by atoms with Crippen molar-refractivity contribution in [1.82, 2.24) is 14.6 Å². The number of carbonyl (C=O) groups is 1. The average molecular weight is 519 g/mol. The van der Waals surface area contributed by atoms with Crippen molar-refractivity contribution in [3.63, 3.8) is 0 Å². The van der Waals surface area contributed by atoms with E-state index < -0.39 is 10.0 Å². The lowest BCUT2D eigenvalue weighted by Crippen LogP contribution is -2.40. The maximum atomic E-state index is 13.1. The topological polar surface area (TPSA) is 110 Å². The lowest BCUT2D eigenvalue weighted by Gasteiger charge is -2.26. The first-order chi connectivity index (χ1) is 16.9. The Hall–Kier alpha value is -2.92. The number of hydrogen-bond donors (Lipinski definition) is 2. The standard InChI is InChI=1S/C24H27ClN4O5S/c1-33-22-6-3-17(15-23(22)35(31,32)29-11-13-34-14-12-29)24(30)28-9-2-8-26-20-7-10-27-21-16-18(25)4-5-19(20)21/h3-7,10,15-16H,2,8-9,11-14H2,1H3,(H,26,27)(H,28,30). The number of anilines is 1. The quantitative estimate of drug-likeness (QED) is 0.419. The Morgan fingerprint density at radius 1 is 1.14 bits per heavy atom. The maximum absolute atomic E-state index is 13.1. The number of nitrogens with one attached hydrogen (secondary N) is 2. The molecule has 0 unspecified atom stereocenters. The Morgan fingerprint density at radius 2 is 1.94 bits per heavy atom. The number of sulfonamides is 1. The van der Waals surface area contributed by atoms with E-state index in [-0.39, 0.29) is 35.2 Å². The van der Waals surface area contributed by atoms with Crippen molar-refractivity contribution in [2.45, 2.75) is 11.3 Å². The second kappa shape index (κ2) is 11.2. The van der Waals surface area contributed by atoms with Gasteiger partial charge < -0.3 is 20.1 Å². The first kappa shape index (κ1) is 25.2. The molecule has 11 heteroatoms. The lowest BCUT2D eigenvalue weighted by molar-refractivity contribution is 0.0729. The van der Waals surface area contributed by atoms with E-state index in [4.69, 9.17) is 21.1 Å². The number of methoxy groups -OCH3 is 1. The molecule has 1 fully saturated rings. The molecule has 35 heavy (non-hydrogen) atoms. The third kappa shape index (κ3) is 5.84. The zero-order chi connectivity index (χ0) is 24.8. The Kier molecular flexibility index (Phi) is 8.07. The first-order valence-electron chi connectivity index (χ1n) is 11.2. The van der Waals surface area contributed by atoms with Crippen molar-refractivity contribution in [2.24, 2.45) is 0 Å². The zero-order valence-electron chi connectivity index (χ0n) is 19.3. The number of benzene rings is 2. The highest BCUT2D eigenvalue weighted by Crippen LogP contribution is 2.28. The van der Waals surface area contributed by atoms with Crippen molar-refractivity contribution in [1.29, 1.82) is 0 Å². The third-order valence-corrected chi connectivity index (χ3v) is 7.83. The number of pyridine rings is 1. The minimum Gasteiger partial charge on any atom is -0.495 e. The van der Waals surface area contributed by atoms with Crippen LogP contribution in [0.3, 0.4) is 0 Å². The number of fused-ring (bicyclic) bond motifs is 1. The number of aromatic nitrogens is 1. The van der Waals surface area contributed by atoms with E-state index in [1.807, 2.05) is 24.3 Å². The number of rotatable bonds is 9. The van der Waals surface area contributed by atoms with Gasteiger partial charge in [-0.15, -0.1) is 0 Å². The van der Waals surface area contributed by atoms with Crippen molar-refractivity contribution in [2.75, 3.05) is 51.8 Å². The first-order valence-corrected chi connectivity index (χ1v) is 13.0. The van der Waals surface area contributed by atoms with Crippen molar-refractivity contribution in [3.05, 3.63) is 59.2 Å². The van der Waals surface area contributed by atoms with Crippen LogP contribution < -0.4 is 15.4 Å². The molecule has 1 aromatic heterocycles. The highest BCUT2D eigenvalue weighted by molar-refractivity contribution is 7.89. The summed E-state index contributed by atoms with van der Waals surface area (Å²) in [7, 11) is -2.41. The van der Waals surface area contributed by atoms with Gasteiger partial charge in [0.15, 0.2) is 0 Å². The molecule has 9 nitrogen and oxygen atoms in total. The van der Waals surface area contributed by atoms with Crippen LogP contribution in [0, 0.1) is 0 Å². The smallest absolute Gasteiger partial charge is 0.251 e. The summed E-state index contributed by atoms with van der Waals surface area (Å²) in [6.45, 7) is 2.22. The van der Waals surface area contributed by atoms with Crippen molar-refractivity contribution < 1.29 is 22.7 Å². The van der Waals surface area contributed by atoms with E-state index in [1.165, 1.54) is 23.5 Å². The van der Waals surface area contributed by atoms with Crippen LogP contribution >= 0.6 is 11.6 Å². The Morgan fingerprint density at radius 3 is 2.71 bits per heavy atom. The summed E-state index contributed by atoms with van der Waals surface area (Å²) in [5.41, 5.74) is 1.99. The van der Waals surface area contributed by atoms with Crippen LogP contribution in [0.15, 0.2) is 53.6 Å². The van der Waals surface area contributed by atoms with Crippen LogP contribution in [0.5, 0.6) is 5.75 Å². The SMILES string of the molecule is COc1ccc(C(=O)NCCCNc2ccnc3cc(Cl)ccc23)cc1S(=O)(=O)N1CCOCC1. The summed E-state index contributed by atoms with van der Waals surface area (Å²) in [4.78, 5) is 17.0. The predicted octanol–water partition coefficient (Wildman–Crippen LogP) is 3.15. The molecule has 1 aliphatic rings. The summed E-state index contributed by atoms with van der Waals surface area (Å²) >= 11 is 6.04. The number of amides is 1. The summed E-state index contributed by atoms with van der Waals surface area (Å²) < 4.78 is 38.1. The minimum absolute atomic E-state index is 0.0270. The maximum Gasteiger partial charge on any atom is 0.251 e. The highest BCUT2D eigenvalue weighted by Gasteiger charge is 2.30. The lowest BCUT2D eigenvalue weighted by atomic mass is 10.2. The summed E-state index contributed by atoms with van der Waals surface area (Å²) in [5, 5.41) is 7.80. The second-order valence-electron chi connectivity index (χ2n) is 7.94. The number of morpholine rings is 1. The van der Waals surface area contributed by atoms with E-state index in [0.717, 1.165) is 16.6 Å². The van der Waals surface area contributed by atoms with Gasteiger partial charge in [0.2, 0.25) is 10.0 Å². The molecule has 4 rings (SSSR count). The van der Waals surface area contributed by atoms with Crippen molar-refractivity contribution >= 4 is 44.1 Å². The van der Waals surface area contributed by atoms with E-state index in [2.05, 4.69) is 15.6 Å². The van der Waals surface area contributed by atoms with Gasteiger partial charge in [-0.3, -0.25) is 9.78 Å². The number of nitrogens with zero attached hydrogens (tertiary/aromatic N) is 2. The number of carbonyl (C=O) groups excluding carboxylic acids is 1. The van der Waals surface area contributed by atoms with Gasteiger partial charge in [-0.2, -0.15) is 4.31 Å². The van der Waals surface area contributed by atoms with Gasteiger partial charge in [0.05, 0.1) is 25.8 Å². The predicted molar refractivity (Wildman–Crippen MR) is 135 cm³/mol. The third-order valence-electron chi connectivity index (χ3n) is 5.67. The van der Waals surface area contributed by atoms with Gasteiger partial charge in [0.25, 0.3) is 5.91 Å². The monoisotopic (exact) mass is 518 g/mol. The molecule has 2 aromatic carbocycles. The Balaban J connectivity index is 1.36. The normalized spacial score (nSPS) is 14.6. The molecular formula is C24H27ClN4O5S. The molecule has 2 heterocycles. The second-order valence-corrected chi connectivity index (χ2v) is 10.3. The molecular weight excluding hydrogens is 492 g/mol. The number of ether oxygens (including phenoxy) is 2. The van der Waals surface area contributed by atoms with Crippen LogP contribution in [0.25, 0.3) is 10.9 Å². The van der Waals surface area contributed by atoms with Crippen LogP contribution in [-0.2, 0) is 14.8 Å². The fraction of sp³-hybridized carbons (Fsp3) is 0.333. The van der Waals surface area contributed by atoms with Crippen LogP contribution in [0.1, 0.15) is 16.8 Å². The zero-order valence-corrected chi connectivity index (χ0v) is 20.9. The fourth-order valence-corrected chi connectivity index (χ4v) is 5.59. The summed E-state index contributed by atoms with van der Waals surface area (Å²) in [6, 6.07) is 11.9. The molecule has 0 atom stereocenters. The molecule has 1 saturated heterocycles. The molecule has 1 amide bonds. The van der Waals surface area contributed by atoms with Crippen molar-refractivity contribution in [3.8, 4) is 5.75 Å². The van der Waals surface area contributed by atoms with Gasteiger partial charge >= 0.3 is 0 Å². The van der Waals surface area contributed by atoms with E-state index in [9.17, 15) is 13.2 Å². The van der Waals surface area contributed by atoms with Crippen LogP contribution in [0.4, 0.5) is 5.69 Å². The minimum atomic E-state index is -3.82. The van der Waals surface area contributed by atoms with Gasteiger partial charge in [-0.25, -0.2) is 8.42 Å². The summed E-state index contributed by atoms with van der Waals surface area (Å²) in [5.74, 6) is -0.154. The molecule has 0 radical (unpaired) electrons. The highest BCUT2D eigenvalue weighted by atomic mass is 35.5. The number of hydrogen-bond acceptors (Lipinski definition) is 7. The number of halogens is 1. The molecule has 0 spiro atoms. The van der Waals surface area contributed by atoms with Gasteiger partial charge in [0.1, 0.15) is 10.6 Å². The molecule has 1 aliphatic heterocycles. The van der Waals surface area contributed by atoms with Crippen LogP contribution in [-0.4, -0.2) is 70.1 Å². The Bertz CT molecular complexity index is 1310. The fourth-order valence-electron chi connectivity index (χ4n) is 3.84. The molecule has 3 aromatic rings. The van der Waals surface area contributed by atoms with E-state index in [1.54, 1.807) is 12.3 Å². The largest absolute Gasteiger partial charge is 0.495 e. The Labute approximate surface area is 209 Å². The van der Waals surface area contributed by atoms with Gasteiger partial charge in [-0.1, -0.05) is 11.6 Å². The van der Waals surface area contributed by atoms with Gasteiger partial charge in [-0.05, 0) is 48.9 Å². The molecule has 0 aliphatic carbocycles. The molecule has 2 N–H and O–H groups in total.